The summed E-state index contributed by atoms with van der Waals surface area (Å²) < 4.78 is 16.2. The van der Waals surface area contributed by atoms with E-state index >= 15 is 0 Å². The van der Waals surface area contributed by atoms with Crippen LogP contribution < -0.4 is 10.6 Å². The zero-order chi connectivity index (χ0) is 25.4. The number of hydrogen-bond acceptors (Lipinski definition) is 6. The first kappa shape index (κ1) is 26.2. The maximum atomic E-state index is 12.7. The molecule has 0 aliphatic heterocycles. The van der Waals surface area contributed by atoms with Gasteiger partial charge < -0.3 is 30.0 Å². The maximum Gasteiger partial charge on any atom is 0.407 e. The number of carboxylic acids is 1. The molecule has 0 heterocycles. The van der Waals surface area contributed by atoms with Crippen molar-refractivity contribution in [2.75, 3.05) is 33.0 Å². The topological polar surface area (TPSA) is 123 Å². The van der Waals surface area contributed by atoms with Crippen LogP contribution in [0.2, 0.25) is 0 Å². The van der Waals surface area contributed by atoms with Gasteiger partial charge in [-0.25, -0.2) is 9.59 Å². The second-order valence-electron chi connectivity index (χ2n) is 9.18. The summed E-state index contributed by atoms with van der Waals surface area (Å²) in [5, 5.41) is 13.8. The van der Waals surface area contributed by atoms with Gasteiger partial charge in [-0.15, -0.1) is 0 Å². The lowest BCUT2D eigenvalue weighted by atomic mass is 9.98. The van der Waals surface area contributed by atoms with Crippen LogP contribution in [0.1, 0.15) is 37.8 Å². The summed E-state index contributed by atoms with van der Waals surface area (Å²) in [5.74, 6) is -1.68. The molecule has 0 aromatic heterocycles. The Morgan fingerprint density at radius 2 is 1.60 bits per heavy atom. The van der Waals surface area contributed by atoms with E-state index < -0.39 is 36.2 Å². The molecule has 0 saturated carbocycles. The molecule has 0 bridgehead atoms. The predicted octanol–water partition coefficient (Wildman–Crippen LogP) is 2.93. The van der Waals surface area contributed by atoms with Gasteiger partial charge in [-0.05, 0) is 43.0 Å². The van der Waals surface area contributed by atoms with Crippen molar-refractivity contribution in [1.82, 2.24) is 10.6 Å². The number of carbonyl (C=O) groups is 3. The van der Waals surface area contributed by atoms with Gasteiger partial charge in [0.25, 0.3) is 0 Å². The lowest BCUT2D eigenvalue weighted by Gasteiger charge is -2.25. The molecule has 0 radical (unpaired) electrons. The lowest BCUT2D eigenvalue weighted by Crippen LogP contribution is -2.51. The summed E-state index contributed by atoms with van der Waals surface area (Å²) in [5.41, 5.74) is 3.91. The van der Waals surface area contributed by atoms with Crippen LogP contribution in [-0.4, -0.2) is 67.7 Å². The molecule has 1 aliphatic rings. The van der Waals surface area contributed by atoms with E-state index in [4.69, 9.17) is 19.3 Å². The molecule has 0 fully saturated rings. The molecule has 2 amide bonds. The maximum absolute atomic E-state index is 12.7. The van der Waals surface area contributed by atoms with Gasteiger partial charge in [0.05, 0.1) is 18.8 Å². The summed E-state index contributed by atoms with van der Waals surface area (Å²) in [7, 11) is 0. The van der Waals surface area contributed by atoms with Gasteiger partial charge in [0.1, 0.15) is 19.3 Å². The van der Waals surface area contributed by atoms with Crippen molar-refractivity contribution in [3.63, 3.8) is 0 Å². The Bertz CT molecular complexity index is 1000. The van der Waals surface area contributed by atoms with Crippen LogP contribution in [-0.2, 0) is 23.8 Å². The molecule has 9 heteroatoms. The predicted molar refractivity (Wildman–Crippen MR) is 129 cm³/mol. The van der Waals surface area contributed by atoms with Gasteiger partial charge in [0.15, 0.2) is 0 Å². The molecule has 1 atom stereocenters. The Morgan fingerprint density at radius 1 is 1.00 bits per heavy atom. The normalized spacial score (nSPS) is 13.5. The minimum absolute atomic E-state index is 0.0236. The molecule has 9 nitrogen and oxygen atoms in total. The van der Waals surface area contributed by atoms with Crippen molar-refractivity contribution < 1.29 is 33.7 Å². The standard InChI is InChI=1S/C26H32N2O7/c1-26(2,3)35-15-22(24(31)27-12-13-33-16-23(29)30)28-25(32)34-14-21-19-10-6-4-8-17(19)18-9-5-7-11-20(18)21/h4-11,21-22H,12-16H2,1-3H3,(H,27,31)(H,28,32)(H,29,30)/t22-/m0/s1. The van der Waals surface area contributed by atoms with Crippen molar-refractivity contribution in [1.29, 1.82) is 0 Å². The summed E-state index contributed by atoms with van der Waals surface area (Å²) in [4.78, 5) is 35.8. The summed E-state index contributed by atoms with van der Waals surface area (Å²) in [6, 6.07) is 15.1. The quantitative estimate of drug-likeness (QED) is 0.419. The van der Waals surface area contributed by atoms with E-state index in [0.717, 1.165) is 22.3 Å². The third kappa shape index (κ3) is 7.53. The van der Waals surface area contributed by atoms with Crippen LogP contribution in [0.5, 0.6) is 0 Å². The number of nitrogens with one attached hydrogen (secondary N) is 2. The smallest absolute Gasteiger partial charge is 0.407 e. The fourth-order valence-electron chi connectivity index (χ4n) is 3.83. The van der Waals surface area contributed by atoms with Crippen LogP contribution in [0.15, 0.2) is 48.5 Å². The van der Waals surface area contributed by atoms with E-state index in [1.807, 2.05) is 57.2 Å². The van der Waals surface area contributed by atoms with Crippen LogP contribution >= 0.6 is 0 Å². The molecule has 0 saturated heterocycles. The minimum atomic E-state index is -1.09. The first-order valence-electron chi connectivity index (χ1n) is 11.5. The average molecular weight is 485 g/mol. The van der Waals surface area contributed by atoms with Gasteiger partial charge in [-0.1, -0.05) is 48.5 Å². The Kier molecular flexibility index (Phi) is 8.84. The molecular weight excluding hydrogens is 452 g/mol. The van der Waals surface area contributed by atoms with Crippen molar-refractivity contribution >= 4 is 18.0 Å². The SMILES string of the molecule is CC(C)(C)OC[C@H](NC(=O)OCC1c2ccccc2-c2ccccc21)C(=O)NCCOCC(=O)O. The highest BCUT2D eigenvalue weighted by atomic mass is 16.6. The van der Waals surface area contributed by atoms with Crippen LogP contribution in [0, 0.1) is 0 Å². The van der Waals surface area contributed by atoms with E-state index in [1.165, 1.54) is 0 Å². The second kappa shape index (κ2) is 11.8. The number of fused-ring (bicyclic) bond motifs is 3. The Labute approximate surface area is 204 Å². The van der Waals surface area contributed by atoms with Crippen molar-refractivity contribution in [2.24, 2.45) is 0 Å². The first-order valence-corrected chi connectivity index (χ1v) is 11.5. The monoisotopic (exact) mass is 484 g/mol. The number of rotatable bonds is 11. The lowest BCUT2D eigenvalue weighted by molar-refractivity contribution is -0.142. The van der Waals surface area contributed by atoms with E-state index in [1.54, 1.807) is 0 Å². The van der Waals surface area contributed by atoms with E-state index in [-0.39, 0.29) is 32.3 Å². The first-order chi connectivity index (χ1) is 16.7. The molecule has 35 heavy (non-hydrogen) atoms. The zero-order valence-electron chi connectivity index (χ0n) is 20.2. The van der Waals surface area contributed by atoms with E-state index in [2.05, 4.69) is 22.8 Å². The summed E-state index contributed by atoms with van der Waals surface area (Å²) >= 11 is 0. The molecule has 188 valence electrons. The largest absolute Gasteiger partial charge is 0.480 e. The Balaban J connectivity index is 1.59. The summed E-state index contributed by atoms with van der Waals surface area (Å²) in [6.45, 7) is 5.25. The Morgan fingerprint density at radius 3 is 2.17 bits per heavy atom. The number of alkyl carbamates (subject to hydrolysis) is 1. The molecule has 2 aromatic carbocycles. The highest BCUT2D eigenvalue weighted by molar-refractivity contribution is 5.86. The molecule has 2 aromatic rings. The summed E-state index contributed by atoms with van der Waals surface area (Å²) in [6.07, 6.45) is -0.730. The van der Waals surface area contributed by atoms with Gasteiger partial charge >= 0.3 is 12.1 Å². The number of hydrogen-bond donors (Lipinski definition) is 3. The third-order valence-electron chi connectivity index (χ3n) is 5.41. The molecule has 0 spiro atoms. The van der Waals surface area contributed by atoms with Gasteiger partial charge in [0, 0.05) is 12.5 Å². The highest BCUT2D eigenvalue weighted by Gasteiger charge is 2.30. The van der Waals surface area contributed by atoms with Crippen molar-refractivity contribution in [2.45, 2.75) is 38.3 Å². The van der Waals surface area contributed by atoms with Crippen LogP contribution in [0.3, 0.4) is 0 Å². The number of aliphatic carboxylic acids is 1. The van der Waals surface area contributed by atoms with E-state index in [9.17, 15) is 14.4 Å². The highest BCUT2D eigenvalue weighted by Crippen LogP contribution is 2.44. The molecule has 3 N–H and O–H groups in total. The number of carbonyl (C=O) groups excluding carboxylic acids is 2. The minimum Gasteiger partial charge on any atom is -0.480 e. The van der Waals surface area contributed by atoms with Gasteiger partial charge in [-0.3, -0.25) is 4.79 Å². The zero-order valence-corrected chi connectivity index (χ0v) is 20.2. The average Bonchev–Trinajstić information content (AvgIpc) is 3.13. The molecule has 1 aliphatic carbocycles. The van der Waals surface area contributed by atoms with Gasteiger partial charge in [0.2, 0.25) is 5.91 Å². The fourth-order valence-corrected chi connectivity index (χ4v) is 3.83. The van der Waals surface area contributed by atoms with Crippen molar-refractivity contribution in [3.05, 3.63) is 59.7 Å². The van der Waals surface area contributed by atoms with Crippen LogP contribution in [0.25, 0.3) is 11.1 Å². The Hall–Kier alpha value is -3.43. The number of ether oxygens (including phenoxy) is 3. The van der Waals surface area contributed by atoms with E-state index in [0.29, 0.717) is 0 Å². The molecule has 3 rings (SSSR count). The number of benzene rings is 2. The second-order valence-corrected chi connectivity index (χ2v) is 9.18. The number of carboxylic acid groups (broad SMARTS) is 1. The molecular formula is C26H32N2O7. The number of amides is 2. The van der Waals surface area contributed by atoms with Gasteiger partial charge in [-0.2, -0.15) is 0 Å². The van der Waals surface area contributed by atoms with Crippen molar-refractivity contribution in [3.8, 4) is 11.1 Å². The fraction of sp³-hybridized carbons (Fsp3) is 0.423. The third-order valence-corrected chi connectivity index (χ3v) is 5.41. The van der Waals surface area contributed by atoms with Crippen LogP contribution in [0.4, 0.5) is 4.79 Å². The molecule has 0 unspecified atom stereocenters.